The van der Waals surface area contributed by atoms with Crippen molar-refractivity contribution in [2.45, 2.75) is 0 Å². The van der Waals surface area contributed by atoms with Gasteiger partial charge in [0, 0.05) is 20.1 Å². The average molecular weight is 384 g/mol. The van der Waals surface area contributed by atoms with Crippen LogP contribution in [0.5, 0.6) is 0 Å². The minimum Gasteiger partial charge on any atom is -0.289 e. The van der Waals surface area contributed by atoms with E-state index < -0.39 is 0 Å². The molecule has 0 saturated heterocycles. The van der Waals surface area contributed by atoms with Crippen LogP contribution >= 0.6 is 31.9 Å². The summed E-state index contributed by atoms with van der Waals surface area (Å²) in [6.07, 6.45) is 2.84. The third kappa shape index (κ3) is 3.61. The summed E-state index contributed by atoms with van der Waals surface area (Å²) in [7, 11) is 0. The number of hydrogen-bond donors (Lipinski definition) is 0. The average Bonchev–Trinajstić information content (AvgIpc) is 2.40. The van der Waals surface area contributed by atoms with Crippen LogP contribution in [0.25, 0.3) is 6.08 Å². The van der Waals surface area contributed by atoms with Crippen molar-refractivity contribution in [3.63, 3.8) is 0 Å². The molecule has 0 aliphatic heterocycles. The number of benzene rings is 2. The molecule has 0 aliphatic carbocycles. The quantitative estimate of drug-likeness (QED) is 0.522. The number of hydrogen-bond acceptors (Lipinski definition) is 1. The summed E-state index contributed by atoms with van der Waals surface area (Å²) in [5, 5.41) is 0. The van der Waals surface area contributed by atoms with Crippen LogP contribution in [0.15, 0.2) is 57.5 Å². The first-order valence-corrected chi connectivity index (χ1v) is 7.08. The Labute approximate surface area is 127 Å². The molecule has 0 atom stereocenters. The zero-order valence-corrected chi connectivity index (χ0v) is 12.9. The Morgan fingerprint density at radius 3 is 2.58 bits per heavy atom. The van der Waals surface area contributed by atoms with Gasteiger partial charge in [0.15, 0.2) is 5.78 Å². The molecule has 1 nitrogen and oxygen atoms in total. The molecule has 0 aromatic heterocycles. The predicted molar refractivity (Wildman–Crippen MR) is 81.6 cm³/mol. The lowest BCUT2D eigenvalue weighted by Crippen LogP contribution is -1.95. The van der Waals surface area contributed by atoms with Crippen LogP contribution in [0.1, 0.15) is 15.9 Å². The van der Waals surface area contributed by atoms with Gasteiger partial charge in [-0.15, -0.1) is 0 Å². The van der Waals surface area contributed by atoms with E-state index >= 15 is 0 Å². The van der Waals surface area contributed by atoms with E-state index in [0.717, 1.165) is 8.95 Å². The second-order valence-electron chi connectivity index (χ2n) is 3.84. The third-order valence-corrected chi connectivity index (χ3v) is 3.70. The fraction of sp³-hybridized carbons (Fsp3) is 0. The Balaban J connectivity index is 2.26. The molecule has 0 unspecified atom stereocenters. The van der Waals surface area contributed by atoms with E-state index in [0.29, 0.717) is 11.1 Å². The van der Waals surface area contributed by atoms with E-state index in [1.807, 2.05) is 6.07 Å². The molecule has 0 amide bonds. The first-order valence-electron chi connectivity index (χ1n) is 5.50. The molecule has 0 spiro atoms. The van der Waals surface area contributed by atoms with Gasteiger partial charge >= 0.3 is 0 Å². The third-order valence-electron chi connectivity index (χ3n) is 2.51. The fourth-order valence-corrected chi connectivity index (χ4v) is 2.42. The zero-order valence-electron chi connectivity index (χ0n) is 9.74. The molecule has 0 bridgehead atoms. The van der Waals surface area contributed by atoms with Gasteiger partial charge in [0.1, 0.15) is 5.82 Å². The van der Waals surface area contributed by atoms with E-state index in [2.05, 4.69) is 31.9 Å². The van der Waals surface area contributed by atoms with Gasteiger partial charge in [-0.05, 0) is 42.5 Å². The van der Waals surface area contributed by atoms with E-state index in [1.165, 1.54) is 18.2 Å². The van der Waals surface area contributed by atoms with Gasteiger partial charge in [-0.25, -0.2) is 4.39 Å². The van der Waals surface area contributed by atoms with E-state index in [1.54, 1.807) is 30.3 Å². The van der Waals surface area contributed by atoms with Crippen LogP contribution in [0.2, 0.25) is 0 Å². The Hall–Kier alpha value is -1.26. The lowest BCUT2D eigenvalue weighted by molar-refractivity contribution is 0.104. The molecule has 0 fully saturated rings. The lowest BCUT2D eigenvalue weighted by atomic mass is 10.1. The Morgan fingerprint density at radius 1 is 1.11 bits per heavy atom. The van der Waals surface area contributed by atoms with Crippen LogP contribution in [0.3, 0.4) is 0 Å². The van der Waals surface area contributed by atoms with E-state index in [4.69, 9.17) is 0 Å². The number of carbonyl (C=O) groups is 1. The van der Waals surface area contributed by atoms with Crippen LogP contribution in [-0.4, -0.2) is 5.78 Å². The second kappa shape index (κ2) is 6.26. The minimum atomic E-state index is -0.362. The van der Waals surface area contributed by atoms with Gasteiger partial charge in [0.05, 0.1) is 0 Å². The molecule has 2 aromatic rings. The standard InChI is InChI=1S/C15H9Br2FO/c16-11-6-7-14(18)10(9-11)5-8-15(19)12-3-1-2-4-13(12)17/h1-9H/b8-5+. The van der Waals surface area contributed by atoms with Crippen molar-refractivity contribution in [2.75, 3.05) is 0 Å². The molecule has 4 heteroatoms. The minimum absolute atomic E-state index is 0.174. The monoisotopic (exact) mass is 382 g/mol. The highest BCUT2D eigenvalue weighted by Crippen LogP contribution is 2.19. The number of ketones is 1. The van der Waals surface area contributed by atoms with Crippen LogP contribution in [0, 0.1) is 5.82 Å². The maximum atomic E-state index is 13.5. The largest absolute Gasteiger partial charge is 0.289 e. The normalized spacial score (nSPS) is 10.9. The van der Waals surface area contributed by atoms with Crippen molar-refractivity contribution in [2.24, 2.45) is 0 Å². The first-order chi connectivity index (χ1) is 9.08. The molecular weight excluding hydrogens is 375 g/mol. The van der Waals surface area contributed by atoms with Crippen LogP contribution in [0.4, 0.5) is 4.39 Å². The van der Waals surface area contributed by atoms with Gasteiger partial charge in [0.2, 0.25) is 0 Å². The van der Waals surface area contributed by atoms with Crippen LogP contribution < -0.4 is 0 Å². The molecule has 96 valence electrons. The molecule has 0 radical (unpaired) electrons. The summed E-state index contributed by atoms with van der Waals surface area (Å²) < 4.78 is 15.0. The molecule has 0 saturated carbocycles. The summed E-state index contributed by atoms with van der Waals surface area (Å²) in [4.78, 5) is 12.0. The highest BCUT2D eigenvalue weighted by Gasteiger charge is 2.06. The topological polar surface area (TPSA) is 17.1 Å². The summed E-state index contributed by atoms with van der Waals surface area (Å²) in [5.41, 5.74) is 0.920. The maximum Gasteiger partial charge on any atom is 0.186 e. The summed E-state index contributed by atoms with van der Waals surface area (Å²) >= 11 is 6.58. The highest BCUT2D eigenvalue weighted by atomic mass is 79.9. The molecule has 0 aliphatic rings. The summed E-state index contributed by atoms with van der Waals surface area (Å²) in [6, 6.07) is 11.7. The predicted octanol–water partition coefficient (Wildman–Crippen LogP) is 5.25. The van der Waals surface area contributed by atoms with Crippen molar-refractivity contribution in [1.29, 1.82) is 0 Å². The summed E-state index contributed by atoms with van der Waals surface area (Å²) in [6.45, 7) is 0. The maximum absolute atomic E-state index is 13.5. The molecule has 19 heavy (non-hydrogen) atoms. The molecule has 0 heterocycles. The Morgan fingerprint density at radius 2 is 1.84 bits per heavy atom. The van der Waals surface area contributed by atoms with Crippen molar-refractivity contribution in [1.82, 2.24) is 0 Å². The van der Waals surface area contributed by atoms with Crippen molar-refractivity contribution < 1.29 is 9.18 Å². The van der Waals surface area contributed by atoms with Crippen molar-refractivity contribution in [3.8, 4) is 0 Å². The highest BCUT2D eigenvalue weighted by molar-refractivity contribution is 9.10. The SMILES string of the molecule is O=C(/C=C/c1cc(Br)ccc1F)c1ccccc1Br. The Kier molecular flexibility index (Phi) is 4.66. The number of allylic oxidation sites excluding steroid dienone is 1. The van der Waals surface area contributed by atoms with E-state index in [9.17, 15) is 9.18 Å². The van der Waals surface area contributed by atoms with Gasteiger partial charge < -0.3 is 0 Å². The molecule has 2 rings (SSSR count). The van der Waals surface area contributed by atoms with E-state index in [-0.39, 0.29) is 11.6 Å². The van der Waals surface area contributed by atoms with Crippen molar-refractivity contribution in [3.05, 3.63) is 74.4 Å². The molecule has 2 aromatic carbocycles. The summed E-state index contributed by atoms with van der Waals surface area (Å²) in [5.74, 6) is -0.536. The zero-order chi connectivity index (χ0) is 13.8. The van der Waals surface area contributed by atoms with Gasteiger partial charge in [-0.2, -0.15) is 0 Å². The number of rotatable bonds is 3. The number of carbonyl (C=O) groups excluding carboxylic acids is 1. The Bertz CT molecular complexity index is 650. The fourth-order valence-electron chi connectivity index (χ4n) is 1.56. The van der Waals surface area contributed by atoms with Gasteiger partial charge in [0.25, 0.3) is 0 Å². The van der Waals surface area contributed by atoms with Gasteiger partial charge in [-0.3, -0.25) is 4.79 Å². The second-order valence-corrected chi connectivity index (χ2v) is 5.61. The number of halogens is 3. The lowest BCUT2D eigenvalue weighted by Gasteiger charge is -2.00. The van der Waals surface area contributed by atoms with Gasteiger partial charge in [-0.1, -0.05) is 44.0 Å². The first kappa shape index (κ1) is 14.2. The molecule has 0 N–H and O–H groups in total. The smallest absolute Gasteiger partial charge is 0.186 e. The molecular formula is C15H9Br2FO. The van der Waals surface area contributed by atoms with Crippen LogP contribution in [-0.2, 0) is 0 Å². The van der Waals surface area contributed by atoms with Crippen molar-refractivity contribution >= 4 is 43.7 Å².